The number of nitrogens with one attached hydrogen (secondary N) is 2. The Morgan fingerprint density at radius 1 is 1.15 bits per heavy atom. The maximum absolute atomic E-state index is 14.6. The van der Waals surface area contributed by atoms with Crippen LogP contribution >= 0.6 is 0 Å². The molecule has 1 atom stereocenters. The second-order valence-electron chi connectivity index (χ2n) is 9.11. The maximum atomic E-state index is 14.6. The van der Waals surface area contributed by atoms with Gasteiger partial charge in [0.15, 0.2) is 0 Å². The molecular formula is C26H29FN4O2. The molecule has 1 aliphatic heterocycles. The Bertz CT molecular complexity index is 1170. The lowest BCUT2D eigenvalue weighted by atomic mass is 9.78. The van der Waals surface area contributed by atoms with E-state index in [4.69, 9.17) is 0 Å². The highest BCUT2D eigenvalue weighted by molar-refractivity contribution is 5.96. The summed E-state index contributed by atoms with van der Waals surface area (Å²) in [5.74, 6) is -0.521. The van der Waals surface area contributed by atoms with Gasteiger partial charge >= 0.3 is 0 Å². The van der Waals surface area contributed by atoms with Crippen LogP contribution in [0.1, 0.15) is 41.9 Å². The molecule has 172 valence electrons. The molecular weight excluding hydrogens is 419 g/mol. The van der Waals surface area contributed by atoms with Gasteiger partial charge in [-0.15, -0.1) is 0 Å². The van der Waals surface area contributed by atoms with E-state index < -0.39 is 5.41 Å². The molecule has 1 fully saturated rings. The minimum Gasteiger partial charge on any atom is -0.353 e. The number of amides is 2. The number of halogens is 1. The zero-order valence-corrected chi connectivity index (χ0v) is 19.2. The average molecular weight is 449 g/mol. The van der Waals surface area contributed by atoms with Crippen LogP contribution in [0.3, 0.4) is 0 Å². The lowest BCUT2D eigenvalue weighted by molar-refractivity contribution is -0.130. The summed E-state index contributed by atoms with van der Waals surface area (Å²) in [7, 11) is 0. The Kier molecular flexibility index (Phi) is 6.31. The van der Waals surface area contributed by atoms with Crippen molar-refractivity contribution in [1.82, 2.24) is 20.4 Å². The molecule has 2 amide bonds. The van der Waals surface area contributed by atoms with Gasteiger partial charge < -0.3 is 10.2 Å². The summed E-state index contributed by atoms with van der Waals surface area (Å²) < 4.78 is 14.6. The van der Waals surface area contributed by atoms with Crippen molar-refractivity contribution < 1.29 is 14.0 Å². The van der Waals surface area contributed by atoms with Crippen molar-refractivity contribution in [2.45, 2.75) is 39.7 Å². The minimum atomic E-state index is -0.807. The Labute approximate surface area is 193 Å². The van der Waals surface area contributed by atoms with E-state index in [1.807, 2.05) is 38.1 Å². The molecule has 4 rings (SSSR count). The molecule has 0 spiro atoms. The zero-order chi connectivity index (χ0) is 23.6. The van der Waals surface area contributed by atoms with E-state index in [0.717, 1.165) is 11.1 Å². The van der Waals surface area contributed by atoms with E-state index in [0.29, 0.717) is 42.8 Å². The first kappa shape index (κ1) is 22.7. The van der Waals surface area contributed by atoms with Crippen molar-refractivity contribution in [3.05, 3.63) is 77.4 Å². The first-order chi connectivity index (χ1) is 15.8. The largest absolute Gasteiger partial charge is 0.353 e. The molecule has 2 aromatic carbocycles. The van der Waals surface area contributed by atoms with Crippen LogP contribution in [0.25, 0.3) is 11.1 Å². The second-order valence-corrected chi connectivity index (χ2v) is 9.11. The SMILES string of the molecule is Cc1[nH]ncc1C(=O)N1CC[C@@](Cc2ccccc2-c2ccccc2F)(C(=O)NC(C)C)C1. The van der Waals surface area contributed by atoms with Gasteiger partial charge in [-0.1, -0.05) is 42.5 Å². The average Bonchev–Trinajstić information content (AvgIpc) is 3.41. The maximum Gasteiger partial charge on any atom is 0.257 e. The van der Waals surface area contributed by atoms with Crippen LogP contribution in [-0.4, -0.2) is 46.0 Å². The number of benzene rings is 2. The number of carbonyl (C=O) groups excluding carboxylic acids is 2. The van der Waals surface area contributed by atoms with E-state index in [2.05, 4.69) is 15.5 Å². The first-order valence-electron chi connectivity index (χ1n) is 11.2. The number of carbonyl (C=O) groups is 2. The number of H-pyrrole nitrogens is 1. The van der Waals surface area contributed by atoms with Crippen LogP contribution in [0.5, 0.6) is 0 Å². The topological polar surface area (TPSA) is 78.1 Å². The fraction of sp³-hybridized carbons (Fsp3) is 0.346. The smallest absolute Gasteiger partial charge is 0.257 e. The van der Waals surface area contributed by atoms with Gasteiger partial charge in [-0.25, -0.2) is 4.39 Å². The molecule has 0 saturated carbocycles. The number of rotatable bonds is 6. The number of aromatic amines is 1. The summed E-state index contributed by atoms with van der Waals surface area (Å²) in [6.45, 7) is 6.41. The molecule has 7 heteroatoms. The normalized spacial score (nSPS) is 18.0. The van der Waals surface area contributed by atoms with E-state index in [-0.39, 0.29) is 23.7 Å². The monoisotopic (exact) mass is 448 g/mol. The molecule has 0 aliphatic carbocycles. The van der Waals surface area contributed by atoms with Gasteiger partial charge in [-0.2, -0.15) is 5.10 Å². The quantitative estimate of drug-likeness (QED) is 0.595. The summed E-state index contributed by atoms with van der Waals surface area (Å²) in [5.41, 5.74) is 2.57. The van der Waals surface area contributed by atoms with Crippen molar-refractivity contribution in [1.29, 1.82) is 0 Å². The second kappa shape index (κ2) is 9.17. The first-order valence-corrected chi connectivity index (χ1v) is 11.2. The summed E-state index contributed by atoms with van der Waals surface area (Å²) in [6, 6.07) is 14.2. The van der Waals surface area contributed by atoms with Gasteiger partial charge in [0, 0.05) is 30.4 Å². The third kappa shape index (κ3) is 4.53. The van der Waals surface area contributed by atoms with Crippen molar-refractivity contribution >= 4 is 11.8 Å². The third-order valence-corrected chi connectivity index (χ3v) is 6.31. The molecule has 0 bridgehead atoms. The van der Waals surface area contributed by atoms with Crippen molar-refractivity contribution in [3.63, 3.8) is 0 Å². The summed E-state index contributed by atoms with van der Waals surface area (Å²) >= 11 is 0. The molecule has 2 heterocycles. The number of hydrogen-bond acceptors (Lipinski definition) is 3. The van der Waals surface area contributed by atoms with Crippen LogP contribution in [0.2, 0.25) is 0 Å². The molecule has 3 aromatic rings. The Morgan fingerprint density at radius 3 is 2.52 bits per heavy atom. The highest BCUT2D eigenvalue weighted by atomic mass is 19.1. The van der Waals surface area contributed by atoms with Crippen LogP contribution in [0, 0.1) is 18.2 Å². The molecule has 2 N–H and O–H groups in total. The van der Waals surface area contributed by atoms with Gasteiger partial charge in [0.1, 0.15) is 5.82 Å². The molecule has 1 saturated heterocycles. The number of hydrogen-bond donors (Lipinski definition) is 2. The molecule has 1 aliphatic rings. The zero-order valence-electron chi connectivity index (χ0n) is 19.2. The molecule has 33 heavy (non-hydrogen) atoms. The highest BCUT2D eigenvalue weighted by Gasteiger charge is 2.46. The Morgan fingerprint density at radius 2 is 1.85 bits per heavy atom. The lowest BCUT2D eigenvalue weighted by Crippen LogP contribution is -2.47. The molecule has 6 nitrogen and oxygen atoms in total. The van der Waals surface area contributed by atoms with Gasteiger partial charge in [0.2, 0.25) is 5.91 Å². The Balaban J connectivity index is 1.69. The standard InChI is InChI=1S/C26H29FN4O2/c1-17(2)29-25(33)26(12-13-31(16-26)24(32)22-15-28-30-18(22)3)14-19-8-4-5-9-20(19)21-10-6-7-11-23(21)27/h4-11,15,17H,12-14,16H2,1-3H3,(H,28,30)(H,29,33)/t26-/m0/s1. The van der Waals surface area contributed by atoms with Crippen molar-refractivity contribution in [2.75, 3.05) is 13.1 Å². The lowest BCUT2D eigenvalue weighted by Gasteiger charge is -2.30. The van der Waals surface area contributed by atoms with Gasteiger partial charge in [0.25, 0.3) is 5.91 Å². The van der Waals surface area contributed by atoms with Crippen LogP contribution < -0.4 is 5.32 Å². The fourth-order valence-corrected chi connectivity index (χ4v) is 4.59. The van der Waals surface area contributed by atoms with E-state index in [1.54, 1.807) is 30.0 Å². The number of aromatic nitrogens is 2. The predicted octanol–water partition coefficient (Wildman–Crippen LogP) is 4.12. The Hall–Kier alpha value is -3.48. The molecule has 1 aromatic heterocycles. The molecule has 0 unspecified atom stereocenters. The predicted molar refractivity (Wildman–Crippen MR) is 125 cm³/mol. The van der Waals surface area contributed by atoms with Crippen molar-refractivity contribution in [2.24, 2.45) is 5.41 Å². The minimum absolute atomic E-state index is 0.0305. The van der Waals surface area contributed by atoms with Crippen LogP contribution in [0.15, 0.2) is 54.7 Å². The number of nitrogens with zero attached hydrogens (tertiary/aromatic N) is 2. The number of likely N-dealkylation sites (tertiary alicyclic amines) is 1. The van der Waals surface area contributed by atoms with Crippen molar-refractivity contribution in [3.8, 4) is 11.1 Å². The summed E-state index contributed by atoms with van der Waals surface area (Å²) in [5, 5.41) is 9.81. The van der Waals surface area contributed by atoms with E-state index >= 15 is 0 Å². The van der Waals surface area contributed by atoms with Crippen LogP contribution in [-0.2, 0) is 11.2 Å². The third-order valence-electron chi connectivity index (χ3n) is 6.31. The van der Waals surface area contributed by atoms with Gasteiger partial charge in [-0.05, 0) is 50.8 Å². The summed E-state index contributed by atoms with van der Waals surface area (Å²) in [4.78, 5) is 28.3. The summed E-state index contributed by atoms with van der Waals surface area (Å²) in [6.07, 6.45) is 2.46. The van der Waals surface area contributed by atoms with E-state index in [9.17, 15) is 14.0 Å². The number of aryl methyl sites for hydroxylation is 1. The highest BCUT2D eigenvalue weighted by Crippen LogP contribution is 2.38. The van der Waals surface area contributed by atoms with Gasteiger partial charge in [-0.3, -0.25) is 14.7 Å². The van der Waals surface area contributed by atoms with E-state index in [1.165, 1.54) is 12.3 Å². The fourth-order valence-electron chi connectivity index (χ4n) is 4.59. The van der Waals surface area contributed by atoms with Crippen LogP contribution in [0.4, 0.5) is 4.39 Å². The molecule has 0 radical (unpaired) electrons. The van der Waals surface area contributed by atoms with Gasteiger partial charge in [0.05, 0.1) is 17.2 Å².